The molecule has 0 aromatic heterocycles. The first kappa shape index (κ1) is 15.5. The number of hydrogen-bond donors (Lipinski definition) is 1. The topological polar surface area (TPSA) is 32.3 Å². The summed E-state index contributed by atoms with van der Waals surface area (Å²) >= 11 is 0. The minimum atomic E-state index is 0.364. The van der Waals surface area contributed by atoms with Gasteiger partial charge in [0.25, 0.3) is 0 Å². The van der Waals surface area contributed by atoms with Crippen LogP contribution in [0, 0.1) is 17.8 Å². The van der Waals surface area contributed by atoms with E-state index in [9.17, 15) is 4.79 Å². The Hall–Kier alpha value is -0.570. The number of hydrogen-bond acceptors (Lipinski definition) is 2. The number of nitrogens with zero attached hydrogens (tertiary/aromatic N) is 1. The molecule has 3 nitrogen and oxygen atoms in total. The first-order chi connectivity index (χ1) is 8.49. The van der Waals surface area contributed by atoms with Gasteiger partial charge in [-0.05, 0) is 43.7 Å². The van der Waals surface area contributed by atoms with Gasteiger partial charge < -0.3 is 10.2 Å². The molecule has 1 fully saturated rings. The Morgan fingerprint density at radius 3 is 1.94 bits per heavy atom. The molecular weight excluding hydrogens is 224 g/mol. The van der Waals surface area contributed by atoms with E-state index in [1.165, 1.54) is 0 Å². The quantitative estimate of drug-likeness (QED) is 0.722. The van der Waals surface area contributed by atoms with Crippen LogP contribution in [0.15, 0.2) is 0 Å². The van der Waals surface area contributed by atoms with Gasteiger partial charge in [-0.1, -0.05) is 27.7 Å². The first-order valence-electron chi connectivity index (χ1n) is 7.47. The molecule has 1 amide bonds. The lowest BCUT2D eigenvalue weighted by Crippen LogP contribution is -2.45. The van der Waals surface area contributed by atoms with Crippen molar-refractivity contribution in [2.45, 2.75) is 47.0 Å². The largest absolute Gasteiger partial charge is 0.343 e. The van der Waals surface area contributed by atoms with E-state index in [4.69, 9.17) is 0 Å². The molecule has 0 atom stereocenters. The number of nitrogens with one attached hydrogen (secondary N) is 1. The highest BCUT2D eigenvalue weighted by molar-refractivity contribution is 5.76. The first-order valence-corrected chi connectivity index (χ1v) is 7.47. The summed E-state index contributed by atoms with van der Waals surface area (Å²) in [6, 6.07) is 0. The second-order valence-electron chi connectivity index (χ2n) is 6.47. The van der Waals surface area contributed by atoms with Crippen LogP contribution in [0.2, 0.25) is 0 Å². The van der Waals surface area contributed by atoms with Crippen molar-refractivity contribution >= 4 is 5.91 Å². The van der Waals surface area contributed by atoms with E-state index in [2.05, 4.69) is 37.9 Å². The average molecular weight is 254 g/mol. The van der Waals surface area contributed by atoms with Crippen molar-refractivity contribution in [3.8, 4) is 0 Å². The molecule has 0 aromatic rings. The minimum absolute atomic E-state index is 0.364. The average Bonchev–Trinajstić information content (AvgIpc) is 2.22. The fourth-order valence-electron chi connectivity index (χ4n) is 2.06. The maximum Gasteiger partial charge on any atom is 0.222 e. The van der Waals surface area contributed by atoms with E-state index in [1.807, 2.05) is 0 Å². The van der Waals surface area contributed by atoms with E-state index in [1.54, 1.807) is 0 Å². The van der Waals surface area contributed by atoms with Crippen LogP contribution in [0.4, 0.5) is 0 Å². The van der Waals surface area contributed by atoms with Gasteiger partial charge in [0.2, 0.25) is 5.91 Å². The molecule has 0 aromatic carbocycles. The molecule has 106 valence electrons. The molecule has 1 saturated heterocycles. The van der Waals surface area contributed by atoms with Gasteiger partial charge in [0.15, 0.2) is 0 Å². The van der Waals surface area contributed by atoms with Crippen LogP contribution in [-0.2, 0) is 4.79 Å². The summed E-state index contributed by atoms with van der Waals surface area (Å²) in [5, 5.41) is 3.24. The summed E-state index contributed by atoms with van der Waals surface area (Å²) in [5.74, 6) is 2.29. The van der Waals surface area contributed by atoms with Crippen molar-refractivity contribution in [1.82, 2.24) is 10.2 Å². The van der Waals surface area contributed by atoms with E-state index in [0.29, 0.717) is 23.7 Å². The van der Waals surface area contributed by atoms with Crippen LogP contribution >= 0.6 is 0 Å². The molecule has 1 aliphatic heterocycles. The van der Waals surface area contributed by atoms with Crippen LogP contribution in [0.25, 0.3) is 0 Å². The third-order valence-corrected chi connectivity index (χ3v) is 3.63. The molecule has 1 rings (SSSR count). The van der Waals surface area contributed by atoms with Crippen LogP contribution in [0.5, 0.6) is 0 Å². The lowest BCUT2D eigenvalue weighted by molar-refractivity contribution is -0.133. The zero-order valence-electron chi connectivity index (χ0n) is 12.5. The van der Waals surface area contributed by atoms with E-state index >= 15 is 0 Å². The van der Waals surface area contributed by atoms with Crippen LogP contribution in [0.1, 0.15) is 47.0 Å². The van der Waals surface area contributed by atoms with Gasteiger partial charge in [-0.25, -0.2) is 0 Å². The van der Waals surface area contributed by atoms with Gasteiger partial charge in [0.1, 0.15) is 0 Å². The molecule has 18 heavy (non-hydrogen) atoms. The van der Waals surface area contributed by atoms with Crippen molar-refractivity contribution in [2.24, 2.45) is 17.8 Å². The predicted molar refractivity (Wildman–Crippen MR) is 76.5 cm³/mol. The molecule has 0 bridgehead atoms. The maximum absolute atomic E-state index is 12.3. The predicted octanol–water partition coefficient (Wildman–Crippen LogP) is 2.52. The molecule has 0 aliphatic carbocycles. The van der Waals surface area contributed by atoms with E-state index < -0.39 is 0 Å². The lowest BCUT2D eigenvalue weighted by atomic mass is 9.98. The Bertz CT molecular complexity index is 235. The maximum atomic E-state index is 12.3. The van der Waals surface area contributed by atoms with Gasteiger partial charge in [-0.15, -0.1) is 0 Å². The second kappa shape index (κ2) is 7.78. The number of amides is 1. The van der Waals surface area contributed by atoms with Gasteiger partial charge in [0.05, 0.1) is 0 Å². The summed E-state index contributed by atoms with van der Waals surface area (Å²) in [4.78, 5) is 14.4. The number of carbonyl (C=O) groups excluding carboxylic acids is 1. The summed E-state index contributed by atoms with van der Waals surface area (Å²) in [5.41, 5.74) is 0. The Balaban J connectivity index is 2.37. The highest BCUT2D eigenvalue weighted by atomic mass is 16.2. The second-order valence-corrected chi connectivity index (χ2v) is 6.47. The Kier molecular flexibility index (Phi) is 6.69. The van der Waals surface area contributed by atoms with Crippen molar-refractivity contribution in [3.63, 3.8) is 0 Å². The molecule has 0 spiro atoms. The van der Waals surface area contributed by atoms with Gasteiger partial charge in [-0.2, -0.15) is 0 Å². The molecule has 0 saturated carbocycles. The summed E-state index contributed by atoms with van der Waals surface area (Å²) in [7, 11) is 0. The molecule has 0 unspecified atom stereocenters. The molecular formula is C15H30N2O. The summed E-state index contributed by atoms with van der Waals surface area (Å²) in [6.07, 6.45) is 2.97. The van der Waals surface area contributed by atoms with E-state index in [-0.39, 0.29) is 0 Å². The molecule has 0 radical (unpaired) electrons. The van der Waals surface area contributed by atoms with Crippen molar-refractivity contribution in [2.75, 3.05) is 26.2 Å². The lowest BCUT2D eigenvalue weighted by Gasteiger charge is -2.30. The molecule has 1 aliphatic rings. The van der Waals surface area contributed by atoms with Gasteiger partial charge in [0, 0.05) is 19.5 Å². The smallest absolute Gasteiger partial charge is 0.222 e. The van der Waals surface area contributed by atoms with Crippen LogP contribution in [0.3, 0.4) is 0 Å². The molecule has 3 heteroatoms. The summed E-state index contributed by atoms with van der Waals surface area (Å²) in [6.45, 7) is 12.8. The molecule has 1 heterocycles. The molecule has 1 N–H and O–H groups in total. The Labute approximate surface area is 112 Å². The highest BCUT2D eigenvalue weighted by Gasteiger charge is 2.23. The minimum Gasteiger partial charge on any atom is -0.343 e. The van der Waals surface area contributed by atoms with Crippen LogP contribution in [-0.4, -0.2) is 37.0 Å². The van der Waals surface area contributed by atoms with Gasteiger partial charge in [-0.3, -0.25) is 4.79 Å². The number of rotatable bonds is 8. The Morgan fingerprint density at radius 2 is 1.61 bits per heavy atom. The fraction of sp³-hybridized carbons (Fsp3) is 0.933. The van der Waals surface area contributed by atoms with Gasteiger partial charge >= 0.3 is 0 Å². The monoisotopic (exact) mass is 254 g/mol. The van der Waals surface area contributed by atoms with Crippen molar-refractivity contribution in [3.05, 3.63) is 0 Å². The Morgan fingerprint density at radius 1 is 1.11 bits per heavy atom. The normalized spacial score (nSPS) is 16.1. The van der Waals surface area contributed by atoms with Crippen molar-refractivity contribution < 1.29 is 4.79 Å². The SMILES string of the molecule is CC(C)CCN(CCC(C)C)C(=O)CC1CNC1. The zero-order valence-corrected chi connectivity index (χ0v) is 12.5. The zero-order chi connectivity index (χ0) is 13.5. The number of carbonyl (C=O) groups is 1. The highest BCUT2D eigenvalue weighted by Crippen LogP contribution is 2.13. The van der Waals surface area contributed by atoms with Crippen LogP contribution < -0.4 is 5.32 Å². The third-order valence-electron chi connectivity index (χ3n) is 3.63. The van der Waals surface area contributed by atoms with Crippen molar-refractivity contribution in [1.29, 1.82) is 0 Å². The summed E-state index contributed by atoms with van der Waals surface area (Å²) < 4.78 is 0. The fourth-order valence-corrected chi connectivity index (χ4v) is 2.06. The third kappa shape index (κ3) is 5.85. The standard InChI is InChI=1S/C15H30N2O/c1-12(2)5-7-17(8-6-13(3)4)15(18)9-14-10-16-11-14/h12-14,16H,5-11H2,1-4H3. The van der Waals surface area contributed by atoms with E-state index in [0.717, 1.165) is 45.4 Å².